The lowest BCUT2D eigenvalue weighted by atomic mass is 10.0. The highest BCUT2D eigenvalue weighted by Crippen LogP contribution is 2.14. The first-order valence-electron chi connectivity index (χ1n) is 8.01. The zero-order valence-corrected chi connectivity index (χ0v) is 17.1. The Morgan fingerprint density at radius 2 is 1.96 bits per heavy atom. The van der Waals surface area contributed by atoms with Crippen LogP contribution in [0.3, 0.4) is 0 Å². The van der Waals surface area contributed by atoms with Gasteiger partial charge in [-0.15, -0.1) is 34.2 Å². The highest BCUT2D eigenvalue weighted by atomic mass is 127. The Balaban J connectivity index is 0.00000288. The Labute approximate surface area is 161 Å². The Morgan fingerprint density at radius 3 is 2.54 bits per heavy atom. The number of nitrogens with one attached hydrogen (secondary N) is 2. The van der Waals surface area contributed by atoms with Crippen molar-refractivity contribution in [2.45, 2.75) is 33.2 Å². The topological polar surface area (TPSA) is 67.1 Å². The van der Waals surface area contributed by atoms with Gasteiger partial charge in [-0.05, 0) is 25.3 Å². The van der Waals surface area contributed by atoms with Gasteiger partial charge in [0.2, 0.25) is 0 Å². The van der Waals surface area contributed by atoms with E-state index in [9.17, 15) is 0 Å². The molecular formula is C17H27IN6. The van der Waals surface area contributed by atoms with Crippen LogP contribution in [-0.4, -0.2) is 33.8 Å². The summed E-state index contributed by atoms with van der Waals surface area (Å²) in [6.07, 6.45) is 1.69. The van der Waals surface area contributed by atoms with Crippen molar-refractivity contribution >= 4 is 29.9 Å². The van der Waals surface area contributed by atoms with Gasteiger partial charge in [0.05, 0.1) is 0 Å². The minimum Gasteiger partial charge on any atom is -0.357 e. The summed E-state index contributed by atoms with van der Waals surface area (Å²) in [4.78, 5) is 4.57. The lowest BCUT2D eigenvalue weighted by Crippen LogP contribution is -2.39. The summed E-state index contributed by atoms with van der Waals surface area (Å²) >= 11 is 0. The Bertz CT molecular complexity index is 635. The maximum Gasteiger partial charge on any atom is 0.191 e. The number of hydrogen-bond donors (Lipinski definition) is 2. The number of benzene rings is 1. The molecule has 0 aliphatic carbocycles. The minimum atomic E-state index is 0. The lowest BCUT2D eigenvalue weighted by molar-refractivity contribution is 0.695. The van der Waals surface area contributed by atoms with Crippen LogP contribution in [0.15, 0.2) is 35.6 Å². The third-order valence-electron chi connectivity index (χ3n) is 3.75. The summed E-state index contributed by atoms with van der Waals surface area (Å²) in [6, 6.07) is 8.68. The van der Waals surface area contributed by atoms with Gasteiger partial charge < -0.3 is 15.2 Å². The summed E-state index contributed by atoms with van der Waals surface area (Å²) in [5, 5.41) is 14.6. The van der Waals surface area contributed by atoms with Crippen LogP contribution in [0, 0.1) is 6.92 Å². The number of guanidine groups is 1. The van der Waals surface area contributed by atoms with Gasteiger partial charge >= 0.3 is 0 Å². The Kier molecular flexibility index (Phi) is 8.73. The van der Waals surface area contributed by atoms with E-state index in [1.54, 1.807) is 6.33 Å². The highest BCUT2D eigenvalue weighted by molar-refractivity contribution is 14.0. The third kappa shape index (κ3) is 6.10. The standard InChI is InChI=1S/C17H26N6.HI/c1-5-18-17(20-11-16-22-21-12-23(16)4)19-10-14(3)15-8-6-13(2)7-9-15;/h6-9,12,14H,5,10-11H2,1-4H3,(H2,18,19,20);1H. The molecule has 0 amide bonds. The van der Waals surface area contributed by atoms with E-state index in [2.05, 4.69) is 70.9 Å². The van der Waals surface area contributed by atoms with Gasteiger partial charge in [-0.2, -0.15) is 0 Å². The van der Waals surface area contributed by atoms with Crippen LogP contribution in [0.4, 0.5) is 0 Å². The van der Waals surface area contributed by atoms with Gasteiger partial charge in [0.25, 0.3) is 0 Å². The molecule has 1 aromatic heterocycles. The van der Waals surface area contributed by atoms with Gasteiger partial charge in [-0.1, -0.05) is 36.8 Å². The molecule has 1 aromatic carbocycles. The average Bonchev–Trinajstić information content (AvgIpc) is 2.95. The average molecular weight is 442 g/mol. The Morgan fingerprint density at radius 1 is 1.25 bits per heavy atom. The fraction of sp³-hybridized carbons (Fsp3) is 0.471. The molecule has 0 saturated heterocycles. The second-order valence-electron chi connectivity index (χ2n) is 5.75. The number of aromatic nitrogens is 3. The monoisotopic (exact) mass is 442 g/mol. The summed E-state index contributed by atoms with van der Waals surface area (Å²) in [6.45, 7) is 8.53. The fourth-order valence-electron chi connectivity index (χ4n) is 2.20. The second kappa shape index (κ2) is 10.3. The smallest absolute Gasteiger partial charge is 0.191 e. The van der Waals surface area contributed by atoms with E-state index in [0.29, 0.717) is 12.5 Å². The van der Waals surface area contributed by atoms with Crippen molar-refractivity contribution in [2.75, 3.05) is 13.1 Å². The molecule has 1 unspecified atom stereocenters. The molecule has 0 saturated carbocycles. The first-order valence-corrected chi connectivity index (χ1v) is 8.01. The van der Waals surface area contributed by atoms with Crippen molar-refractivity contribution < 1.29 is 0 Å². The van der Waals surface area contributed by atoms with E-state index in [1.165, 1.54) is 11.1 Å². The Hall–Kier alpha value is -1.64. The summed E-state index contributed by atoms with van der Waals surface area (Å²) in [7, 11) is 1.92. The fourth-order valence-corrected chi connectivity index (χ4v) is 2.20. The maximum absolute atomic E-state index is 4.57. The van der Waals surface area contributed by atoms with E-state index >= 15 is 0 Å². The largest absolute Gasteiger partial charge is 0.357 e. The van der Waals surface area contributed by atoms with Crippen LogP contribution in [0.1, 0.15) is 36.7 Å². The molecule has 0 spiro atoms. The summed E-state index contributed by atoms with van der Waals surface area (Å²) in [5.41, 5.74) is 2.61. The molecule has 2 aromatic rings. The maximum atomic E-state index is 4.57. The van der Waals surface area contributed by atoms with E-state index in [4.69, 9.17) is 0 Å². The van der Waals surface area contributed by atoms with Gasteiger partial charge in [0, 0.05) is 20.1 Å². The van der Waals surface area contributed by atoms with Crippen LogP contribution in [-0.2, 0) is 13.6 Å². The highest BCUT2D eigenvalue weighted by Gasteiger charge is 2.07. The van der Waals surface area contributed by atoms with Gasteiger partial charge in [-0.25, -0.2) is 4.99 Å². The number of nitrogens with zero attached hydrogens (tertiary/aromatic N) is 4. The van der Waals surface area contributed by atoms with Crippen molar-refractivity contribution in [3.63, 3.8) is 0 Å². The van der Waals surface area contributed by atoms with Crippen molar-refractivity contribution in [3.8, 4) is 0 Å². The molecule has 0 aliphatic rings. The number of hydrogen-bond acceptors (Lipinski definition) is 3. The summed E-state index contributed by atoms with van der Waals surface area (Å²) in [5.74, 6) is 2.05. The van der Waals surface area contributed by atoms with Crippen LogP contribution in [0.2, 0.25) is 0 Å². The molecule has 0 fully saturated rings. The van der Waals surface area contributed by atoms with Crippen molar-refractivity contribution in [1.29, 1.82) is 0 Å². The molecule has 0 radical (unpaired) electrons. The first-order chi connectivity index (χ1) is 11.1. The molecule has 0 bridgehead atoms. The van der Waals surface area contributed by atoms with Crippen LogP contribution in [0.5, 0.6) is 0 Å². The van der Waals surface area contributed by atoms with Gasteiger partial charge in [-0.3, -0.25) is 0 Å². The lowest BCUT2D eigenvalue weighted by Gasteiger charge is -2.16. The molecule has 7 heteroatoms. The molecular weight excluding hydrogens is 415 g/mol. The molecule has 2 rings (SSSR count). The number of aliphatic imine (C=N–C) groups is 1. The molecule has 132 valence electrons. The van der Waals surface area contributed by atoms with Gasteiger partial charge in [0.15, 0.2) is 11.8 Å². The van der Waals surface area contributed by atoms with Gasteiger partial charge in [0.1, 0.15) is 12.9 Å². The predicted molar refractivity (Wildman–Crippen MR) is 109 cm³/mol. The minimum absolute atomic E-state index is 0. The predicted octanol–water partition coefficient (Wildman–Crippen LogP) is 2.60. The summed E-state index contributed by atoms with van der Waals surface area (Å²) < 4.78 is 1.88. The molecule has 24 heavy (non-hydrogen) atoms. The quantitative estimate of drug-likeness (QED) is 0.410. The number of rotatable bonds is 6. The first kappa shape index (κ1) is 20.4. The van der Waals surface area contributed by atoms with Crippen molar-refractivity contribution in [2.24, 2.45) is 12.0 Å². The van der Waals surface area contributed by atoms with Crippen LogP contribution in [0.25, 0.3) is 0 Å². The SMILES string of the molecule is CCNC(=NCc1nncn1C)NCC(C)c1ccc(C)cc1.I. The second-order valence-corrected chi connectivity index (χ2v) is 5.75. The van der Waals surface area contributed by atoms with Crippen LogP contribution >= 0.6 is 24.0 Å². The number of aryl methyl sites for hydroxylation is 2. The molecule has 0 aliphatic heterocycles. The van der Waals surface area contributed by atoms with E-state index in [0.717, 1.165) is 24.9 Å². The normalized spacial score (nSPS) is 12.4. The van der Waals surface area contributed by atoms with Crippen molar-refractivity contribution in [1.82, 2.24) is 25.4 Å². The van der Waals surface area contributed by atoms with E-state index in [-0.39, 0.29) is 24.0 Å². The zero-order chi connectivity index (χ0) is 16.7. The zero-order valence-electron chi connectivity index (χ0n) is 14.8. The van der Waals surface area contributed by atoms with Crippen LogP contribution < -0.4 is 10.6 Å². The van der Waals surface area contributed by atoms with E-state index in [1.807, 2.05) is 11.6 Å². The number of halogens is 1. The molecule has 2 N–H and O–H groups in total. The molecule has 1 atom stereocenters. The van der Waals surface area contributed by atoms with Crippen molar-refractivity contribution in [3.05, 3.63) is 47.5 Å². The molecule has 1 heterocycles. The van der Waals surface area contributed by atoms with E-state index < -0.39 is 0 Å². The third-order valence-corrected chi connectivity index (χ3v) is 3.75. The molecule has 6 nitrogen and oxygen atoms in total.